The molecule has 7 nitrogen and oxygen atoms in total. The van der Waals surface area contributed by atoms with E-state index < -0.39 is 0 Å². The second kappa shape index (κ2) is 8.39. The summed E-state index contributed by atoms with van der Waals surface area (Å²) in [6.07, 6.45) is 0. The van der Waals surface area contributed by atoms with E-state index in [4.69, 9.17) is 9.47 Å². The summed E-state index contributed by atoms with van der Waals surface area (Å²) in [7, 11) is 5.00. The molecule has 0 aliphatic heterocycles. The molecule has 1 heterocycles. The fourth-order valence-electron chi connectivity index (χ4n) is 2.73. The van der Waals surface area contributed by atoms with Gasteiger partial charge < -0.3 is 19.7 Å². The second-order valence-corrected chi connectivity index (χ2v) is 6.08. The van der Waals surface area contributed by atoms with E-state index in [9.17, 15) is 4.79 Å². The Hall–Kier alpha value is -3.61. The Labute approximate surface area is 164 Å². The number of aryl methyl sites for hydroxylation is 1. The number of aromatic nitrogens is 2. The number of amides is 1. The van der Waals surface area contributed by atoms with Crippen LogP contribution >= 0.6 is 0 Å². The van der Waals surface area contributed by atoms with Crippen LogP contribution in [0.2, 0.25) is 0 Å². The van der Waals surface area contributed by atoms with Crippen molar-refractivity contribution in [3.63, 3.8) is 0 Å². The fourth-order valence-corrected chi connectivity index (χ4v) is 2.73. The Balaban J connectivity index is 1.85. The van der Waals surface area contributed by atoms with E-state index in [2.05, 4.69) is 15.3 Å². The monoisotopic (exact) mass is 378 g/mol. The summed E-state index contributed by atoms with van der Waals surface area (Å²) in [6, 6.07) is 16.6. The van der Waals surface area contributed by atoms with Gasteiger partial charge in [-0.2, -0.15) is 0 Å². The number of benzene rings is 2. The van der Waals surface area contributed by atoms with E-state index in [-0.39, 0.29) is 11.6 Å². The van der Waals surface area contributed by atoms with Crippen molar-refractivity contribution in [3.8, 4) is 11.5 Å². The van der Waals surface area contributed by atoms with Crippen molar-refractivity contribution in [2.75, 3.05) is 31.5 Å². The lowest BCUT2D eigenvalue weighted by Gasteiger charge is -2.19. The molecule has 0 saturated carbocycles. The summed E-state index contributed by atoms with van der Waals surface area (Å²) in [5.74, 6) is 1.93. The second-order valence-electron chi connectivity index (χ2n) is 6.08. The molecule has 28 heavy (non-hydrogen) atoms. The largest absolute Gasteiger partial charge is 0.493 e. The molecule has 0 unspecified atom stereocenters. The maximum absolute atomic E-state index is 12.7. The van der Waals surface area contributed by atoms with Crippen LogP contribution in [0.1, 0.15) is 16.3 Å². The molecule has 3 rings (SSSR count). The average molecular weight is 378 g/mol. The number of carbonyl (C=O) groups excluding carboxylic acids is 1. The number of carbonyl (C=O) groups is 1. The predicted molar refractivity (Wildman–Crippen MR) is 109 cm³/mol. The highest BCUT2D eigenvalue weighted by Crippen LogP contribution is 2.30. The molecular formula is C21H22N4O3. The lowest BCUT2D eigenvalue weighted by Crippen LogP contribution is -2.18. The minimum Gasteiger partial charge on any atom is -0.493 e. The molecule has 0 fully saturated rings. The standard InChI is InChI=1S/C21H22N4O3/c1-14-22-17(13-20(23-14)25(2)16-8-6-5-7-9-16)21(26)24-15-10-11-18(27-3)19(12-15)28-4/h5-13H,1-4H3,(H,24,26). The van der Waals surface area contributed by atoms with Crippen LogP contribution in [0.4, 0.5) is 17.2 Å². The molecule has 1 amide bonds. The summed E-state index contributed by atoms with van der Waals surface area (Å²) in [4.78, 5) is 23.4. The molecule has 144 valence electrons. The van der Waals surface area contributed by atoms with Gasteiger partial charge in [-0.1, -0.05) is 18.2 Å². The highest BCUT2D eigenvalue weighted by atomic mass is 16.5. The van der Waals surface area contributed by atoms with E-state index in [1.807, 2.05) is 42.3 Å². The summed E-state index contributed by atoms with van der Waals surface area (Å²) < 4.78 is 10.5. The van der Waals surface area contributed by atoms with Gasteiger partial charge in [-0.25, -0.2) is 9.97 Å². The molecule has 0 aliphatic rings. The van der Waals surface area contributed by atoms with Crippen LogP contribution in [-0.4, -0.2) is 37.1 Å². The molecule has 0 spiro atoms. The van der Waals surface area contributed by atoms with E-state index in [1.165, 1.54) is 0 Å². The van der Waals surface area contributed by atoms with Crippen molar-refractivity contribution in [1.82, 2.24) is 9.97 Å². The Morgan fingerprint density at radius 2 is 1.68 bits per heavy atom. The Bertz CT molecular complexity index is 977. The normalized spacial score (nSPS) is 10.3. The average Bonchev–Trinajstić information content (AvgIpc) is 2.73. The van der Waals surface area contributed by atoms with E-state index in [0.717, 1.165) is 5.69 Å². The lowest BCUT2D eigenvalue weighted by molar-refractivity contribution is 0.102. The third-order valence-electron chi connectivity index (χ3n) is 4.19. The number of anilines is 3. The van der Waals surface area contributed by atoms with E-state index in [0.29, 0.717) is 28.8 Å². The van der Waals surface area contributed by atoms with E-state index in [1.54, 1.807) is 45.4 Å². The Morgan fingerprint density at radius 3 is 2.36 bits per heavy atom. The zero-order valence-electron chi connectivity index (χ0n) is 16.3. The Morgan fingerprint density at radius 1 is 0.964 bits per heavy atom. The topological polar surface area (TPSA) is 76.6 Å². The SMILES string of the molecule is COc1ccc(NC(=O)c2cc(N(C)c3ccccc3)nc(C)n2)cc1OC. The first-order valence-corrected chi connectivity index (χ1v) is 8.69. The van der Waals surface area contributed by atoms with Crippen LogP contribution in [0.3, 0.4) is 0 Å². The molecule has 0 atom stereocenters. The zero-order valence-corrected chi connectivity index (χ0v) is 16.3. The number of nitrogens with zero attached hydrogens (tertiary/aromatic N) is 3. The number of methoxy groups -OCH3 is 2. The van der Waals surface area contributed by atoms with Gasteiger partial charge in [-0.15, -0.1) is 0 Å². The van der Waals surface area contributed by atoms with Gasteiger partial charge in [0.1, 0.15) is 17.3 Å². The minimum absolute atomic E-state index is 0.278. The van der Waals surface area contributed by atoms with Crippen LogP contribution in [0.5, 0.6) is 11.5 Å². The van der Waals surface area contributed by atoms with Crippen molar-refractivity contribution in [2.45, 2.75) is 6.92 Å². The van der Waals surface area contributed by atoms with Crippen molar-refractivity contribution < 1.29 is 14.3 Å². The minimum atomic E-state index is -0.333. The molecule has 2 aromatic carbocycles. The maximum atomic E-state index is 12.7. The number of rotatable bonds is 6. The summed E-state index contributed by atoms with van der Waals surface area (Å²) in [6.45, 7) is 1.76. The Kier molecular flexibility index (Phi) is 5.74. The fraction of sp³-hybridized carbons (Fsp3) is 0.190. The number of para-hydroxylation sites is 1. The maximum Gasteiger partial charge on any atom is 0.274 e. The van der Waals surface area contributed by atoms with Gasteiger partial charge in [0, 0.05) is 30.6 Å². The predicted octanol–water partition coefficient (Wildman–Crippen LogP) is 3.82. The van der Waals surface area contributed by atoms with Crippen molar-refractivity contribution in [1.29, 1.82) is 0 Å². The van der Waals surface area contributed by atoms with Crippen LogP contribution in [0.25, 0.3) is 0 Å². The van der Waals surface area contributed by atoms with Gasteiger partial charge in [-0.3, -0.25) is 4.79 Å². The molecule has 0 aliphatic carbocycles. The quantitative estimate of drug-likeness (QED) is 0.703. The molecule has 3 aromatic rings. The highest BCUT2D eigenvalue weighted by molar-refractivity contribution is 6.03. The number of hydrogen-bond donors (Lipinski definition) is 1. The molecular weight excluding hydrogens is 356 g/mol. The molecule has 7 heteroatoms. The highest BCUT2D eigenvalue weighted by Gasteiger charge is 2.15. The van der Waals surface area contributed by atoms with Crippen molar-refractivity contribution >= 4 is 23.1 Å². The zero-order chi connectivity index (χ0) is 20.1. The molecule has 1 aromatic heterocycles. The summed E-state index contributed by atoms with van der Waals surface area (Å²) >= 11 is 0. The summed E-state index contributed by atoms with van der Waals surface area (Å²) in [5.41, 5.74) is 1.82. The van der Waals surface area contributed by atoms with Crippen LogP contribution in [-0.2, 0) is 0 Å². The third-order valence-corrected chi connectivity index (χ3v) is 4.19. The van der Waals surface area contributed by atoms with Crippen molar-refractivity contribution in [2.24, 2.45) is 0 Å². The first-order valence-electron chi connectivity index (χ1n) is 8.69. The number of ether oxygens (including phenoxy) is 2. The smallest absolute Gasteiger partial charge is 0.274 e. The molecule has 0 radical (unpaired) electrons. The molecule has 0 saturated heterocycles. The van der Waals surface area contributed by atoms with Gasteiger partial charge in [-0.05, 0) is 31.2 Å². The van der Waals surface area contributed by atoms with Crippen LogP contribution in [0, 0.1) is 6.92 Å². The van der Waals surface area contributed by atoms with Crippen molar-refractivity contribution in [3.05, 3.63) is 66.1 Å². The molecule has 1 N–H and O–H groups in total. The molecule has 0 bridgehead atoms. The van der Waals surface area contributed by atoms with Gasteiger partial charge in [0.2, 0.25) is 0 Å². The summed E-state index contributed by atoms with van der Waals surface area (Å²) in [5, 5.41) is 2.83. The van der Waals surface area contributed by atoms with E-state index >= 15 is 0 Å². The number of nitrogens with one attached hydrogen (secondary N) is 1. The van der Waals surface area contributed by atoms with Gasteiger partial charge in [0.25, 0.3) is 5.91 Å². The third kappa shape index (κ3) is 4.20. The van der Waals surface area contributed by atoms with Gasteiger partial charge in [0.15, 0.2) is 11.5 Å². The number of hydrogen-bond acceptors (Lipinski definition) is 6. The first-order chi connectivity index (χ1) is 13.5. The van der Waals surface area contributed by atoms with Crippen LogP contribution in [0.15, 0.2) is 54.6 Å². The van der Waals surface area contributed by atoms with Gasteiger partial charge in [0.05, 0.1) is 14.2 Å². The van der Waals surface area contributed by atoms with Crippen LogP contribution < -0.4 is 19.7 Å². The first kappa shape index (κ1) is 19.2. The lowest BCUT2D eigenvalue weighted by atomic mass is 10.2. The van der Waals surface area contributed by atoms with Gasteiger partial charge >= 0.3 is 0 Å².